The van der Waals surface area contributed by atoms with E-state index >= 15 is 0 Å². The molecule has 5 heteroatoms. The third-order valence-electron chi connectivity index (χ3n) is 2.43. The molecule has 0 aliphatic rings. The summed E-state index contributed by atoms with van der Waals surface area (Å²) in [6.07, 6.45) is 2.64. The zero-order valence-electron chi connectivity index (χ0n) is 10.6. The summed E-state index contributed by atoms with van der Waals surface area (Å²) in [7, 11) is 2.01. The van der Waals surface area contributed by atoms with Crippen molar-refractivity contribution in [2.24, 2.45) is 5.92 Å². The van der Waals surface area contributed by atoms with Crippen LogP contribution in [0.5, 0.6) is 0 Å². The van der Waals surface area contributed by atoms with Crippen LogP contribution >= 0.6 is 0 Å². The van der Waals surface area contributed by atoms with E-state index in [-0.39, 0.29) is 6.54 Å². The van der Waals surface area contributed by atoms with Gasteiger partial charge in [0.25, 0.3) is 0 Å². The molecule has 5 nitrogen and oxygen atoms in total. The molecule has 0 fully saturated rings. The van der Waals surface area contributed by atoms with Crippen molar-refractivity contribution in [1.29, 1.82) is 5.26 Å². The van der Waals surface area contributed by atoms with E-state index in [2.05, 4.69) is 34.0 Å². The lowest BCUT2D eigenvalue weighted by Gasteiger charge is -2.19. The molecule has 0 bridgehead atoms. The summed E-state index contributed by atoms with van der Waals surface area (Å²) in [6, 6.07) is 3.88. The van der Waals surface area contributed by atoms with E-state index in [0.717, 1.165) is 18.8 Å². The molecule has 1 rings (SSSR count). The first-order valence-corrected chi connectivity index (χ1v) is 5.77. The van der Waals surface area contributed by atoms with E-state index in [1.54, 1.807) is 0 Å². The van der Waals surface area contributed by atoms with Gasteiger partial charge in [-0.25, -0.2) is 9.97 Å². The Balaban J connectivity index is 2.60. The molecule has 1 aromatic rings. The fourth-order valence-corrected chi connectivity index (χ4v) is 1.35. The molecule has 0 saturated heterocycles. The average Bonchev–Trinajstić information content (AvgIpc) is 2.33. The second-order valence-electron chi connectivity index (χ2n) is 4.38. The maximum Gasteiger partial charge on any atom is 0.133 e. The summed E-state index contributed by atoms with van der Waals surface area (Å²) in [4.78, 5) is 10.4. The number of hydrogen-bond acceptors (Lipinski definition) is 5. The zero-order chi connectivity index (χ0) is 12.7. The maximum atomic E-state index is 8.49. The molecule has 0 spiro atoms. The number of nitriles is 1. The summed E-state index contributed by atoms with van der Waals surface area (Å²) in [5, 5.41) is 11.4. The first kappa shape index (κ1) is 13.2. The Hall–Kier alpha value is -1.83. The first-order valence-electron chi connectivity index (χ1n) is 5.77. The van der Waals surface area contributed by atoms with Gasteiger partial charge in [-0.3, -0.25) is 0 Å². The van der Waals surface area contributed by atoms with Gasteiger partial charge >= 0.3 is 0 Å². The summed E-state index contributed by atoms with van der Waals surface area (Å²) < 4.78 is 0. The molecule has 0 unspecified atom stereocenters. The van der Waals surface area contributed by atoms with Gasteiger partial charge in [-0.15, -0.1) is 0 Å². The molecule has 0 radical (unpaired) electrons. The van der Waals surface area contributed by atoms with Gasteiger partial charge in [-0.05, 0) is 12.3 Å². The molecule has 0 atom stereocenters. The van der Waals surface area contributed by atoms with Crippen molar-refractivity contribution in [3.05, 3.63) is 12.4 Å². The smallest absolute Gasteiger partial charge is 0.133 e. The highest BCUT2D eigenvalue weighted by molar-refractivity contribution is 5.48. The molecule has 92 valence electrons. The Labute approximate surface area is 102 Å². The van der Waals surface area contributed by atoms with Gasteiger partial charge in [0.05, 0.1) is 6.07 Å². The SMILES string of the molecule is CC(C)CCN(C)c1cc(NCC#N)ncn1. The van der Waals surface area contributed by atoms with Crippen molar-refractivity contribution >= 4 is 11.6 Å². The quantitative estimate of drug-likeness (QED) is 0.760. The number of rotatable bonds is 6. The minimum absolute atomic E-state index is 0.256. The van der Waals surface area contributed by atoms with E-state index < -0.39 is 0 Å². The third-order valence-corrected chi connectivity index (χ3v) is 2.43. The monoisotopic (exact) mass is 233 g/mol. The van der Waals surface area contributed by atoms with Crippen LogP contribution in [-0.4, -0.2) is 30.1 Å². The van der Waals surface area contributed by atoms with E-state index in [1.807, 2.05) is 19.2 Å². The number of nitrogens with zero attached hydrogens (tertiary/aromatic N) is 4. The molecule has 1 aromatic heterocycles. The average molecular weight is 233 g/mol. The lowest BCUT2D eigenvalue weighted by atomic mass is 10.1. The van der Waals surface area contributed by atoms with Crippen LogP contribution in [0, 0.1) is 17.2 Å². The van der Waals surface area contributed by atoms with E-state index in [0.29, 0.717) is 11.7 Å². The van der Waals surface area contributed by atoms with Crippen LogP contribution < -0.4 is 10.2 Å². The van der Waals surface area contributed by atoms with Crippen molar-refractivity contribution < 1.29 is 0 Å². The van der Waals surface area contributed by atoms with Crippen molar-refractivity contribution in [2.45, 2.75) is 20.3 Å². The summed E-state index contributed by atoms with van der Waals surface area (Å²) >= 11 is 0. The van der Waals surface area contributed by atoms with E-state index in [1.165, 1.54) is 6.33 Å². The van der Waals surface area contributed by atoms with Crippen LogP contribution in [0.1, 0.15) is 20.3 Å². The Morgan fingerprint density at radius 1 is 1.47 bits per heavy atom. The minimum Gasteiger partial charge on any atom is -0.360 e. The van der Waals surface area contributed by atoms with Crippen LogP contribution in [0.2, 0.25) is 0 Å². The zero-order valence-corrected chi connectivity index (χ0v) is 10.6. The van der Waals surface area contributed by atoms with Crippen LogP contribution in [0.15, 0.2) is 12.4 Å². The van der Waals surface area contributed by atoms with Crippen molar-refractivity contribution in [3.8, 4) is 6.07 Å². The summed E-state index contributed by atoms with van der Waals surface area (Å²) in [5.74, 6) is 2.24. The Kier molecular flexibility index (Phi) is 5.21. The number of hydrogen-bond donors (Lipinski definition) is 1. The molecule has 0 saturated carbocycles. The Bertz CT molecular complexity index is 383. The fraction of sp³-hybridized carbons (Fsp3) is 0.583. The molecular weight excluding hydrogens is 214 g/mol. The molecular formula is C12H19N5. The molecule has 0 aromatic carbocycles. The molecule has 0 aliphatic carbocycles. The highest BCUT2D eigenvalue weighted by Gasteiger charge is 2.05. The van der Waals surface area contributed by atoms with Gasteiger partial charge in [0, 0.05) is 19.7 Å². The van der Waals surface area contributed by atoms with Crippen LogP contribution in [0.3, 0.4) is 0 Å². The molecule has 1 heterocycles. The molecule has 1 N–H and O–H groups in total. The van der Waals surface area contributed by atoms with Crippen LogP contribution in [0.4, 0.5) is 11.6 Å². The lowest BCUT2D eigenvalue weighted by Crippen LogP contribution is -2.21. The molecule has 17 heavy (non-hydrogen) atoms. The van der Waals surface area contributed by atoms with Gasteiger partial charge in [-0.1, -0.05) is 13.8 Å². The minimum atomic E-state index is 0.256. The highest BCUT2D eigenvalue weighted by atomic mass is 15.2. The summed E-state index contributed by atoms with van der Waals surface area (Å²) in [5.41, 5.74) is 0. The number of nitrogens with one attached hydrogen (secondary N) is 1. The van der Waals surface area contributed by atoms with Crippen LogP contribution in [-0.2, 0) is 0 Å². The van der Waals surface area contributed by atoms with Gasteiger partial charge in [-0.2, -0.15) is 5.26 Å². The second kappa shape index (κ2) is 6.69. The lowest BCUT2D eigenvalue weighted by molar-refractivity contribution is 0.583. The summed E-state index contributed by atoms with van der Waals surface area (Å²) in [6.45, 7) is 5.62. The first-order chi connectivity index (χ1) is 8.13. The maximum absolute atomic E-state index is 8.49. The molecule has 0 amide bonds. The Morgan fingerprint density at radius 3 is 2.88 bits per heavy atom. The van der Waals surface area contributed by atoms with Crippen LogP contribution in [0.25, 0.3) is 0 Å². The van der Waals surface area contributed by atoms with Gasteiger partial charge in [0.2, 0.25) is 0 Å². The Morgan fingerprint density at radius 2 is 2.24 bits per heavy atom. The standard InChI is InChI=1S/C12H19N5/c1-10(2)4-7-17(3)12-8-11(14-6-5-13)15-9-16-12/h8-10H,4,6-7H2,1-3H3,(H,14,15,16). The number of aromatic nitrogens is 2. The van der Waals surface area contributed by atoms with Crippen molar-refractivity contribution in [2.75, 3.05) is 30.4 Å². The largest absolute Gasteiger partial charge is 0.360 e. The van der Waals surface area contributed by atoms with Crippen molar-refractivity contribution in [3.63, 3.8) is 0 Å². The topological polar surface area (TPSA) is 64.8 Å². The van der Waals surface area contributed by atoms with E-state index in [4.69, 9.17) is 5.26 Å². The highest BCUT2D eigenvalue weighted by Crippen LogP contribution is 2.13. The van der Waals surface area contributed by atoms with Crippen molar-refractivity contribution in [1.82, 2.24) is 9.97 Å². The normalized spacial score (nSPS) is 10.1. The number of anilines is 2. The van der Waals surface area contributed by atoms with Gasteiger partial charge in [0.1, 0.15) is 24.5 Å². The molecule has 0 aliphatic heterocycles. The second-order valence-corrected chi connectivity index (χ2v) is 4.38. The van der Waals surface area contributed by atoms with E-state index in [9.17, 15) is 0 Å². The third kappa shape index (κ3) is 4.68. The predicted molar refractivity (Wildman–Crippen MR) is 68.9 cm³/mol. The van der Waals surface area contributed by atoms with Gasteiger partial charge in [0.15, 0.2) is 0 Å². The predicted octanol–water partition coefficient (Wildman–Crippen LogP) is 1.89. The fourth-order valence-electron chi connectivity index (χ4n) is 1.35. The van der Waals surface area contributed by atoms with Gasteiger partial charge < -0.3 is 10.2 Å².